The van der Waals surface area contributed by atoms with Gasteiger partial charge in [0.15, 0.2) is 11.5 Å². The first-order chi connectivity index (χ1) is 19.5. The summed E-state index contributed by atoms with van der Waals surface area (Å²) in [4.78, 5) is 17.1. The Labute approximate surface area is 236 Å². The molecule has 1 heterocycles. The highest BCUT2D eigenvalue weighted by molar-refractivity contribution is 6.03. The second-order valence-corrected chi connectivity index (χ2v) is 9.41. The van der Waals surface area contributed by atoms with Gasteiger partial charge in [-0.3, -0.25) is 9.69 Å². The highest BCUT2D eigenvalue weighted by Gasteiger charge is 2.19. The number of nitrogens with one attached hydrogen (secondary N) is 1. The van der Waals surface area contributed by atoms with Crippen LogP contribution < -0.4 is 30.2 Å². The van der Waals surface area contributed by atoms with Crippen LogP contribution >= 0.6 is 0 Å². The van der Waals surface area contributed by atoms with Crippen molar-refractivity contribution < 1.29 is 23.7 Å². The molecular weight excluding hydrogens is 508 g/mol. The van der Waals surface area contributed by atoms with Gasteiger partial charge >= 0.3 is 0 Å². The molecule has 9 nitrogen and oxygen atoms in total. The van der Waals surface area contributed by atoms with Crippen molar-refractivity contribution in [1.29, 1.82) is 0 Å². The smallest absolute Gasteiger partial charge is 0.248 e. The summed E-state index contributed by atoms with van der Waals surface area (Å²) in [7, 11) is 4.86. The van der Waals surface area contributed by atoms with Crippen LogP contribution in [-0.4, -0.2) is 71.5 Å². The predicted octanol–water partition coefficient (Wildman–Crippen LogP) is 4.29. The normalized spacial score (nSPS) is 13.7. The molecule has 0 spiro atoms. The number of nitrogens with zero attached hydrogens (tertiary/aromatic N) is 2. The third kappa shape index (κ3) is 7.68. The van der Waals surface area contributed by atoms with E-state index < -0.39 is 0 Å². The summed E-state index contributed by atoms with van der Waals surface area (Å²) in [5, 5.41) is 2.81. The number of methoxy groups -OCH3 is 3. The van der Waals surface area contributed by atoms with E-state index in [2.05, 4.69) is 27.2 Å². The monoisotopic (exact) mass is 546 g/mol. The van der Waals surface area contributed by atoms with Gasteiger partial charge in [-0.15, -0.1) is 0 Å². The number of carbonyl (C=O) groups excluding carboxylic acids is 1. The summed E-state index contributed by atoms with van der Waals surface area (Å²) in [6, 6.07) is 19.3. The van der Waals surface area contributed by atoms with Crippen molar-refractivity contribution in [3.05, 3.63) is 77.9 Å². The maximum Gasteiger partial charge on any atom is 0.248 e. The Morgan fingerprint density at radius 2 is 1.68 bits per heavy atom. The van der Waals surface area contributed by atoms with Crippen molar-refractivity contribution in [2.24, 2.45) is 0 Å². The number of rotatable bonds is 12. The zero-order valence-corrected chi connectivity index (χ0v) is 23.4. The fraction of sp³-hybridized carbons (Fsp3) is 0.323. The Kier molecular flexibility index (Phi) is 10.3. The van der Waals surface area contributed by atoms with E-state index in [-0.39, 0.29) is 5.91 Å². The highest BCUT2D eigenvalue weighted by Crippen LogP contribution is 2.41. The summed E-state index contributed by atoms with van der Waals surface area (Å²) in [5.74, 6) is 1.56. The Morgan fingerprint density at radius 1 is 1.00 bits per heavy atom. The van der Waals surface area contributed by atoms with Gasteiger partial charge < -0.3 is 34.9 Å². The molecule has 0 atom stereocenters. The minimum atomic E-state index is -0.237. The minimum absolute atomic E-state index is 0.237. The highest BCUT2D eigenvalue weighted by atomic mass is 16.5. The zero-order valence-electron chi connectivity index (χ0n) is 23.4. The largest absolute Gasteiger partial charge is 0.493 e. The molecule has 0 radical (unpaired) electrons. The molecule has 0 bridgehead atoms. The number of benzene rings is 3. The fourth-order valence-electron chi connectivity index (χ4n) is 4.55. The average molecular weight is 547 g/mol. The van der Waals surface area contributed by atoms with Crippen LogP contribution in [0.5, 0.6) is 17.2 Å². The van der Waals surface area contributed by atoms with E-state index in [4.69, 9.17) is 24.7 Å². The van der Waals surface area contributed by atoms with Crippen LogP contribution in [0.3, 0.4) is 0 Å². The standard InChI is InChI=1S/C31H38N4O5/c1-37-28-20-25(21-29(38-2)31(28)39-3)35(15-14-34-16-18-40-19-17-34)22-24-10-8-23(9-11-24)12-13-30(36)33-27-7-5-4-6-26(27)32/h4-13,20-21H,14-19,22,32H2,1-3H3,(H,33,36)/b13-12-. The van der Waals surface area contributed by atoms with Crippen LogP contribution in [0.4, 0.5) is 17.1 Å². The number of carbonyl (C=O) groups is 1. The summed E-state index contributed by atoms with van der Waals surface area (Å²) < 4.78 is 22.3. The number of amides is 1. The van der Waals surface area contributed by atoms with E-state index in [0.29, 0.717) is 35.2 Å². The molecule has 3 N–H and O–H groups in total. The van der Waals surface area contributed by atoms with Crippen LogP contribution in [-0.2, 0) is 16.1 Å². The number of hydrogen-bond acceptors (Lipinski definition) is 8. The van der Waals surface area contributed by atoms with E-state index in [1.54, 1.807) is 39.5 Å². The lowest BCUT2D eigenvalue weighted by Gasteiger charge is -2.31. The van der Waals surface area contributed by atoms with Gasteiger partial charge in [0.05, 0.1) is 45.9 Å². The second kappa shape index (κ2) is 14.3. The summed E-state index contributed by atoms with van der Waals surface area (Å²) >= 11 is 0. The van der Waals surface area contributed by atoms with Crippen molar-refractivity contribution >= 4 is 29.0 Å². The number of ether oxygens (including phenoxy) is 4. The first-order valence-corrected chi connectivity index (χ1v) is 13.3. The number of morpholine rings is 1. The maximum absolute atomic E-state index is 12.4. The lowest BCUT2D eigenvalue weighted by molar-refractivity contribution is -0.111. The predicted molar refractivity (Wildman–Crippen MR) is 159 cm³/mol. The zero-order chi connectivity index (χ0) is 28.3. The van der Waals surface area contributed by atoms with Gasteiger partial charge in [-0.25, -0.2) is 0 Å². The van der Waals surface area contributed by atoms with Crippen molar-refractivity contribution in [1.82, 2.24) is 4.90 Å². The van der Waals surface area contributed by atoms with Crippen molar-refractivity contribution in [3.8, 4) is 17.2 Å². The van der Waals surface area contributed by atoms with E-state index in [9.17, 15) is 4.79 Å². The van der Waals surface area contributed by atoms with E-state index in [1.165, 1.54) is 6.08 Å². The number of anilines is 3. The van der Waals surface area contributed by atoms with Crippen molar-refractivity contribution in [2.45, 2.75) is 6.54 Å². The summed E-state index contributed by atoms with van der Waals surface area (Å²) in [6.07, 6.45) is 3.29. The first kappa shape index (κ1) is 28.8. The molecule has 1 fully saturated rings. The molecule has 3 aromatic carbocycles. The van der Waals surface area contributed by atoms with Crippen molar-refractivity contribution in [2.75, 3.05) is 76.7 Å². The molecule has 40 heavy (non-hydrogen) atoms. The Bertz CT molecular complexity index is 1260. The Morgan fingerprint density at radius 3 is 2.30 bits per heavy atom. The topological polar surface area (TPSA) is 98.5 Å². The van der Waals surface area contributed by atoms with E-state index >= 15 is 0 Å². The van der Waals surface area contributed by atoms with Gasteiger partial charge in [0.1, 0.15) is 0 Å². The molecule has 3 aromatic rings. The maximum atomic E-state index is 12.4. The molecule has 4 rings (SSSR count). The molecule has 1 aliphatic heterocycles. The number of hydrogen-bond donors (Lipinski definition) is 2. The third-order valence-corrected chi connectivity index (χ3v) is 6.80. The van der Waals surface area contributed by atoms with Gasteiger partial charge in [0.25, 0.3) is 0 Å². The lowest BCUT2D eigenvalue weighted by Crippen LogP contribution is -2.41. The van der Waals surface area contributed by atoms with Gasteiger partial charge in [0, 0.05) is 56.6 Å². The summed E-state index contributed by atoms with van der Waals surface area (Å²) in [5.41, 5.74) is 10.1. The average Bonchev–Trinajstić information content (AvgIpc) is 2.99. The quantitative estimate of drug-likeness (QED) is 0.257. The van der Waals surface area contributed by atoms with Gasteiger partial charge in [-0.05, 0) is 29.3 Å². The van der Waals surface area contributed by atoms with Gasteiger partial charge in [-0.1, -0.05) is 36.4 Å². The molecule has 9 heteroatoms. The van der Waals surface area contributed by atoms with Crippen LogP contribution in [0, 0.1) is 0 Å². The Hall–Kier alpha value is -4.21. The molecular formula is C31H38N4O5. The molecule has 0 unspecified atom stereocenters. The van der Waals surface area contributed by atoms with E-state index in [1.807, 2.05) is 36.4 Å². The summed E-state index contributed by atoms with van der Waals surface area (Å²) in [6.45, 7) is 5.76. The Balaban J connectivity index is 1.48. The molecule has 0 aliphatic carbocycles. The van der Waals surface area contributed by atoms with Crippen molar-refractivity contribution in [3.63, 3.8) is 0 Å². The molecule has 0 saturated carbocycles. The molecule has 1 amide bonds. The second-order valence-electron chi connectivity index (χ2n) is 9.41. The lowest BCUT2D eigenvalue weighted by atomic mass is 10.1. The van der Waals surface area contributed by atoms with Crippen LogP contribution in [0.2, 0.25) is 0 Å². The molecule has 1 aliphatic rings. The number of nitrogen functional groups attached to an aromatic ring is 1. The number of para-hydroxylation sites is 2. The molecule has 212 valence electrons. The fourth-order valence-corrected chi connectivity index (χ4v) is 4.55. The minimum Gasteiger partial charge on any atom is -0.493 e. The third-order valence-electron chi connectivity index (χ3n) is 6.80. The van der Waals surface area contributed by atoms with Gasteiger partial charge in [-0.2, -0.15) is 0 Å². The van der Waals surface area contributed by atoms with Crippen LogP contribution in [0.1, 0.15) is 11.1 Å². The molecule has 1 saturated heterocycles. The van der Waals surface area contributed by atoms with Crippen LogP contribution in [0.15, 0.2) is 66.7 Å². The van der Waals surface area contributed by atoms with Crippen LogP contribution in [0.25, 0.3) is 6.08 Å². The van der Waals surface area contributed by atoms with Gasteiger partial charge in [0.2, 0.25) is 11.7 Å². The van der Waals surface area contributed by atoms with E-state index in [0.717, 1.165) is 56.2 Å². The number of nitrogens with two attached hydrogens (primary N) is 1. The first-order valence-electron chi connectivity index (χ1n) is 13.3. The SMILES string of the molecule is COc1cc(N(CCN2CCOCC2)Cc2ccc(/C=C\C(=O)Nc3ccccc3N)cc2)cc(OC)c1OC. The molecule has 0 aromatic heterocycles.